The van der Waals surface area contributed by atoms with Crippen molar-refractivity contribution in [3.05, 3.63) is 54.0 Å². The number of nitrogens with one attached hydrogen (secondary N) is 1. The molecule has 1 heterocycles. The highest BCUT2D eigenvalue weighted by molar-refractivity contribution is 5.33. The lowest BCUT2D eigenvalue weighted by atomic mass is 10.2. The molecule has 3 nitrogen and oxygen atoms in total. The van der Waals surface area contributed by atoms with Gasteiger partial charge in [-0.1, -0.05) is 12.1 Å². The summed E-state index contributed by atoms with van der Waals surface area (Å²) in [5.74, 6) is 0.486. The van der Waals surface area contributed by atoms with E-state index in [1.165, 1.54) is 12.1 Å². The summed E-state index contributed by atoms with van der Waals surface area (Å²) in [6.45, 7) is 0.610. The van der Waals surface area contributed by atoms with Crippen LogP contribution in [0.3, 0.4) is 0 Å². The van der Waals surface area contributed by atoms with E-state index in [2.05, 4.69) is 15.5 Å². The van der Waals surface area contributed by atoms with Crippen LogP contribution in [0.4, 0.5) is 10.2 Å². The number of hydrogen-bond donors (Lipinski definition) is 1. The minimum Gasteiger partial charge on any atom is -0.365 e. The zero-order chi connectivity index (χ0) is 10.5. The molecule has 0 saturated carbocycles. The number of halogens is 1. The zero-order valence-corrected chi connectivity index (χ0v) is 8.02. The van der Waals surface area contributed by atoms with Gasteiger partial charge >= 0.3 is 0 Å². The number of benzene rings is 1. The molecule has 0 spiro atoms. The molecule has 1 N–H and O–H groups in total. The van der Waals surface area contributed by atoms with Gasteiger partial charge in [-0.3, -0.25) is 0 Å². The maximum Gasteiger partial charge on any atom is 0.148 e. The highest BCUT2D eigenvalue weighted by Gasteiger charge is 1.95. The molecular weight excluding hydrogens is 193 g/mol. The lowest BCUT2D eigenvalue weighted by molar-refractivity contribution is 0.627. The number of rotatable bonds is 3. The van der Waals surface area contributed by atoms with E-state index in [1.54, 1.807) is 24.4 Å². The fourth-order valence-electron chi connectivity index (χ4n) is 1.19. The van der Waals surface area contributed by atoms with Gasteiger partial charge in [0.25, 0.3) is 0 Å². The Morgan fingerprint density at radius 1 is 1.13 bits per heavy atom. The lowest BCUT2D eigenvalue weighted by Gasteiger charge is -2.03. The van der Waals surface area contributed by atoms with Crippen molar-refractivity contribution < 1.29 is 4.39 Å². The fraction of sp³-hybridized carbons (Fsp3) is 0.0909. The van der Waals surface area contributed by atoms with Gasteiger partial charge in [0.05, 0.1) is 0 Å². The second-order valence-electron chi connectivity index (χ2n) is 3.09. The van der Waals surface area contributed by atoms with Crippen molar-refractivity contribution in [2.45, 2.75) is 6.54 Å². The molecule has 2 rings (SSSR count). The van der Waals surface area contributed by atoms with Gasteiger partial charge in [-0.2, -0.15) is 5.10 Å². The minimum absolute atomic E-state index is 0.224. The molecule has 0 aliphatic rings. The first kappa shape index (κ1) is 9.58. The van der Waals surface area contributed by atoms with Gasteiger partial charge in [-0.05, 0) is 29.8 Å². The molecule has 76 valence electrons. The van der Waals surface area contributed by atoms with Crippen molar-refractivity contribution in [3.63, 3.8) is 0 Å². The van der Waals surface area contributed by atoms with Crippen LogP contribution >= 0.6 is 0 Å². The molecule has 4 heteroatoms. The molecule has 0 atom stereocenters. The first-order valence-corrected chi connectivity index (χ1v) is 4.60. The number of nitrogens with zero attached hydrogens (tertiary/aromatic N) is 2. The molecule has 1 aromatic carbocycles. The van der Waals surface area contributed by atoms with Gasteiger partial charge in [0.1, 0.15) is 11.6 Å². The van der Waals surface area contributed by atoms with Crippen molar-refractivity contribution in [2.75, 3.05) is 5.32 Å². The van der Waals surface area contributed by atoms with Crippen molar-refractivity contribution in [1.29, 1.82) is 0 Å². The van der Waals surface area contributed by atoms with Crippen LogP contribution in [0.15, 0.2) is 42.6 Å². The molecule has 2 aromatic rings. The zero-order valence-electron chi connectivity index (χ0n) is 8.02. The van der Waals surface area contributed by atoms with Crippen LogP contribution in [0.25, 0.3) is 0 Å². The summed E-state index contributed by atoms with van der Waals surface area (Å²) in [6, 6.07) is 9.98. The number of hydrogen-bond acceptors (Lipinski definition) is 3. The van der Waals surface area contributed by atoms with Crippen LogP contribution in [-0.4, -0.2) is 10.2 Å². The Morgan fingerprint density at radius 2 is 1.93 bits per heavy atom. The lowest BCUT2D eigenvalue weighted by Crippen LogP contribution is -2.01. The van der Waals surface area contributed by atoms with Crippen molar-refractivity contribution in [2.24, 2.45) is 0 Å². The molecule has 0 fully saturated rings. The second-order valence-corrected chi connectivity index (χ2v) is 3.09. The average Bonchev–Trinajstić information content (AvgIpc) is 2.30. The third-order valence-corrected chi connectivity index (χ3v) is 1.96. The van der Waals surface area contributed by atoms with E-state index in [0.717, 1.165) is 5.56 Å². The Balaban J connectivity index is 1.96. The quantitative estimate of drug-likeness (QED) is 0.831. The van der Waals surface area contributed by atoms with Gasteiger partial charge in [-0.25, -0.2) is 4.39 Å². The summed E-state index contributed by atoms with van der Waals surface area (Å²) in [5, 5.41) is 10.7. The van der Waals surface area contributed by atoms with E-state index < -0.39 is 0 Å². The van der Waals surface area contributed by atoms with Gasteiger partial charge in [0.2, 0.25) is 0 Å². The van der Waals surface area contributed by atoms with E-state index in [1.807, 2.05) is 6.07 Å². The summed E-state index contributed by atoms with van der Waals surface area (Å²) in [5.41, 5.74) is 1.00. The highest BCUT2D eigenvalue weighted by atomic mass is 19.1. The smallest absolute Gasteiger partial charge is 0.148 e. The van der Waals surface area contributed by atoms with E-state index in [4.69, 9.17) is 0 Å². The van der Waals surface area contributed by atoms with Crippen LogP contribution in [0.1, 0.15) is 5.56 Å². The molecular formula is C11H10FN3. The second kappa shape index (κ2) is 4.50. The SMILES string of the molecule is Fc1ccc(CNc2cccnn2)cc1. The monoisotopic (exact) mass is 203 g/mol. The predicted octanol–water partition coefficient (Wildman–Crippen LogP) is 2.23. The molecule has 1 aromatic heterocycles. The van der Waals surface area contributed by atoms with Crippen LogP contribution in [0.5, 0.6) is 0 Å². The standard InChI is InChI=1S/C11H10FN3/c12-10-5-3-9(4-6-10)8-13-11-2-1-7-14-15-11/h1-7H,8H2,(H,13,15). The Labute approximate surface area is 87.0 Å². The molecule has 0 unspecified atom stereocenters. The van der Waals surface area contributed by atoms with Crippen molar-refractivity contribution >= 4 is 5.82 Å². The number of anilines is 1. The highest BCUT2D eigenvalue weighted by Crippen LogP contribution is 2.05. The Kier molecular flexibility index (Phi) is 2.88. The number of aromatic nitrogens is 2. The first-order valence-electron chi connectivity index (χ1n) is 4.60. The van der Waals surface area contributed by atoms with Crippen LogP contribution in [0, 0.1) is 5.82 Å². The molecule has 0 bridgehead atoms. The maximum atomic E-state index is 12.6. The van der Waals surface area contributed by atoms with Crippen molar-refractivity contribution in [1.82, 2.24) is 10.2 Å². The normalized spacial score (nSPS) is 9.93. The van der Waals surface area contributed by atoms with Gasteiger partial charge in [0, 0.05) is 12.7 Å². The Morgan fingerprint density at radius 3 is 2.60 bits per heavy atom. The molecule has 0 aliphatic carbocycles. The predicted molar refractivity (Wildman–Crippen MR) is 55.8 cm³/mol. The summed E-state index contributed by atoms with van der Waals surface area (Å²) in [7, 11) is 0. The third-order valence-electron chi connectivity index (χ3n) is 1.96. The molecule has 0 saturated heterocycles. The molecule has 15 heavy (non-hydrogen) atoms. The summed E-state index contributed by atoms with van der Waals surface area (Å²) < 4.78 is 12.6. The minimum atomic E-state index is -0.224. The van der Waals surface area contributed by atoms with Crippen LogP contribution < -0.4 is 5.32 Å². The van der Waals surface area contributed by atoms with Crippen LogP contribution in [-0.2, 0) is 6.54 Å². The molecule has 0 aliphatic heterocycles. The van der Waals surface area contributed by atoms with Crippen LogP contribution in [0.2, 0.25) is 0 Å². The van der Waals surface area contributed by atoms with E-state index >= 15 is 0 Å². The first-order chi connectivity index (χ1) is 7.34. The Hall–Kier alpha value is -1.97. The van der Waals surface area contributed by atoms with Crippen molar-refractivity contribution in [3.8, 4) is 0 Å². The fourth-order valence-corrected chi connectivity index (χ4v) is 1.19. The summed E-state index contributed by atoms with van der Waals surface area (Å²) in [4.78, 5) is 0. The summed E-state index contributed by atoms with van der Waals surface area (Å²) >= 11 is 0. The average molecular weight is 203 g/mol. The maximum absolute atomic E-state index is 12.6. The molecule has 0 radical (unpaired) electrons. The summed E-state index contributed by atoms with van der Waals surface area (Å²) in [6.07, 6.45) is 1.61. The van der Waals surface area contributed by atoms with E-state index in [-0.39, 0.29) is 5.82 Å². The van der Waals surface area contributed by atoms with E-state index in [9.17, 15) is 4.39 Å². The van der Waals surface area contributed by atoms with Gasteiger partial charge in [-0.15, -0.1) is 5.10 Å². The third kappa shape index (κ3) is 2.74. The van der Waals surface area contributed by atoms with Gasteiger partial charge < -0.3 is 5.32 Å². The Bertz CT molecular complexity index is 414. The van der Waals surface area contributed by atoms with Gasteiger partial charge in [0.15, 0.2) is 0 Å². The van der Waals surface area contributed by atoms with E-state index in [0.29, 0.717) is 12.4 Å². The largest absolute Gasteiger partial charge is 0.365 e. The topological polar surface area (TPSA) is 37.8 Å². The molecule has 0 amide bonds.